The number of rotatable bonds is 11. The number of hydrogen-bond acceptors (Lipinski definition) is 10. The summed E-state index contributed by atoms with van der Waals surface area (Å²) in [6.07, 6.45) is -1.75. The smallest absolute Gasteiger partial charge is 0.244 e. The zero-order chi connectivity index (χ0) is 39.8. The number of nitrogens with two attached hydrogens (primary N) is 2. The van der Waals surface area contributed by atoms with Gasteiger partial charge in [-0.25, -0.2) is 0 Å². The first-order valence-electron chi connectivity index (χ1n) is 17.3. The average Bonchev–Trinajstić information content (AvgIpc) is 3.11. The summed E-state index contributed by atoms with van der Waals surface area (Å²) in [5.41, 5.74) is 11.2. The number of amides is 9. The number of hydrogen-bond donors (Lipinski definition) is 9. The highest BCUT2D eigenvalue weighted by molar-refractivity contribution is 5.98. The molecule has 1 fully saturated rings. The van der Waals surface area contributed by atoms with Crippen molar-refractivity contribution in [1.29, 1.82) is 0 Å². The van der Waals surface area contributed by atoms with Crippen molar-refractivity contribution in [2.24, 2.45) is 17.4 Å². The topological polar surface area (TPSA) is 301 Å². The number of primary amides is 2. The Hall–Kier alpha value is -5.75. The predicted molar refractivity (Wildman–Crippen MR) is 189 cm³/mol. The standard InChI is InChI=1S/C34H51N9O10/c1-5-18(3)29-33(52)39-21(11-13-25(35)45)30(49)41-24(16-26(36)46)31(50)40-22(34(53)43(4)6-2)12-14-27(47)37-17-28(48)38-23(32(51)42-29)15-19-7-9-20(44)10-8-19/h7-10,18,21-24,29,44H,5-6,11-17H2,1-4H3,(H2,35,45)(H2,36,46)(H,37,47)(H,38,48)(H,39,52)(H,40,50)(H,41,49)(H,42,51)/t18?,21-,22?,23-,24-,29?/m0/s1. The van der Waals surface area contributed by atoms with E-state index >= 15 is 0 Å². The minimum atomic E-state index is -1.65. The molecule has 53 heavy (non-hydrogen) atoms. The molecule has 1 aromatic rings. The largest absolute Gasteiger partial charge is 0.508 e. The molecule has 19 heteroatoms. The molecule has 19 nitrogen and oxygen atoms in total. The SMILES string of the molecule is CCC(C)C1NC(=O)[C@H](Cc2ccc(O)cc2)NC(=O)CNC(=O)CCC(C(=O)N(C)CC)NC(=O)[C@H](CC(N)=O)NC(=O)[C@H](CCC(N)=O)NC1=O. The Balaban J connectivity index is 2.60. The number of aromatic hydroxyl groups is 1. The minimum Gasteiger partial charge on any atom is -0.508 e. The summed E-state index contributed by atoms with van der Waals surface area (Å²) in [6, 6.07) is -1.19. The summed E-state index contributed by atoms with van der Waals surface area (Å²) in [5, 5.41) is 24.7. The lowest BCUT2D eigenvalue weighted by atomic mass is 9.96. The Labute approximate surface area is 307 Å². The van der Waals surface area contributed by atoms with E-state index in [0.717, 1.165) is 0 Å². The summed E-state index contributed by atoms with van der Waals surface area (Å²) in [4.78, 5) is 119. The number of nitrogens with one attached hydrogen (secondary N) is 6. The molecule has 9 amide bonds. The van der Waals surface area contributed by atoms with Gasteiger partial charge in [-0.1, -0.05) is 32.4 Å². The third-order valence-corrected chi connectivity index (χ3v) is 8.74. The molecular formula is C34H51N9O10. The quantitative estimate of drug-likeness (QED) is 0.110. The maximum absolute atomic E-state index is 13.8. The fourth-order valence-electron chi connectivity index (χ4n) is 5.27. The number of likely N-dealkylation sites (N-methyl/N-ethyl adjacent to an activating group) is 1. The number of phenols is 1. The molecule has 6 atom stereocenters. The lowest BCUT2D eigenvalue weighted by molar-refractivity contribution is -0.138. The van der Waals surface area contributed by atoms with Crippen LogP contribution in [0.1, 0.15) is 64.9 Å². The van der Waals surface area contributed by atoms with Gasteiger partial charge >= 0.3 is 0 Å². The van der Waals surface area contributed by atoms with Crippen LogP contribution in [0, 0.1) is 5.92 Å². The first-order chi connectivity index (χ1) is 24.9. The van der Waals surface area contributed by atoms with Gasteiger partial charge in [0.15, 0.2) is 0 Å². The van der Waals surface area contributed by atoms with Gasteiger partial charge in [0, 0.05) is 32.9 Å². The highest BCUT2D eigenvalue weighted by Gasteiger charge is 2.35. The third kappa shape index (κ3) is 14.4. The van der Waals surface area contributed by atoms with Crippen molar-refractivity contribution in [3.63, 3.8) is 0 Å². The molecule has 0 spiro atoms. The molecule has 11 N–H and O–H groups in total. The molecular weight excluding hydrogens is 694 g/mol. The second kappa shape index (κ2) is 20.9. The average molecular weight is 746 g/mol. The van der Waals surface area contributed by atoms with E-state index in [0.29, 0.717) is 12.0 Å². The fraction of sp³-hybridized carbons (Fsp3) is 0.559. The van der Waals surface area contributed by atoms with Gasteiger partial charge in [-0.3, -0.25) is 43.2 Å². The molecule has 0 aliphatic carbocycles. The lowest BCUT2D eigenvalue weighted by Gasteiger charge is -2.29. The molecule has 1 heterocycles. The summed E-state index contributed by atoms with van der Waals surface area (Å²) >= 11 is 0. The Morgan fingerprint density at radius 3 is 2.00 bits per heavy atom. The summed E-state index contributed by atoms with van der Waals surface area (Å²) < 4.78 is 0. The molecule has 1 aliphatic heterocycles. The van der Waals surface area contributed by atoms with Crippen molar-refractivity contribution < 1.29 is 48.3 Å². The molecule has 0 bridgehead atoms. The van der Waals surface area contributed by atoms with Crippen molar-refractivity contribution >= 4 is 53.2 Å². The lowest BCUT2D eigenvalue weighted by Crippen LogP contribution is -2.61. The number of nitrogens with zero attached hydrogens (tertiary/aromatic N) is 1. The van der Waals surface area contributed by atoms with Gasteiger partial charge in [-0.15, -0.1) is 0 Å². The van der Waals surface area contributed by atoms with Gasteiger partial charge in [0.2, 0.25) is 53.2 Å². The Kier molecular flexibility index (Phi) is 17.2. The van der Waals surface area contributed by atoms with E-state index in [-0.39, 0.29) is 44.4 Å². The van der Waals surface area contributed by atoms with Crippen LogP contribution in [-0.4, -0.2) is 114 Å². The van der Waals surface area contributed by atoms with E-state index in [4.69, 9.17) is 11.5 Å². The third-order valence-electron chi connectivity index (χ3n) is 8.74. The minimum absolute atomic E-state index is 0.0321. The summed E-state index contributed by atoms with van der Waals surface area (Å²) in [5.74, 6) is -8.05. The van der Waals surface area contributed by atoms with Crippen molar-refractivity contribution in [2.75, 3.05) is 20.1 Å². The van der Waals surface area contributed by atoms with Gasteiger partial charge in [0.1, 0.15) is 36.0 Å². The predicted octanol–water partition coefficient (Wildman–Crippen LogP) is -3.07. The normalized spacial score (nSPS) is 23.1. The Morgan fingerprint density at radius 2 is 1.42 bits per heavy atom. The van der Waals surface area contributed by atoms with Crippen LogP contribution in [0.3, 0.4) is 0 Å². The fourth-order valence-corrected chi connectivity index (χ4v) is 5.27. The first kappa shape index (κ1) is 43.4. The van der Waals surface area contributed by atoms with Crippen LogP contribution in [0.2, 0.25) is 0 Å². The number of phenolic OH excluding ortho intramolecular Hbond substituents is 1. The van der Waals surface area contributed by atoms with E-state index in [2.05, 4.69) is 31.9 Å². The molecule has 3 unspecified atom stereocenters. The van der Waals surface area contributed by atoms with Crippen LogP contribution >= 0.6 is 0 Å². The van der Waals surface area contributed by atoms with E-state index < -0.39 is 102 Å². The summed E-state index contributed by atoms with van der Waals surface area (Å²) in [7, 11) is 1.46. The first-order valence-corrected chi connectivity index (χ1v) is 17.3. The maximum atomic E-state index is 13.8. The van der Waals surface area contributed by atoms with Crippen molar-refractivity contribution in [1.82, 2.24) is 36.8 Å². The van der Waals surface area contributed by atoms with E-state index in [1.807, 2.05) is 0 Å². The van der Waals surface area contributed by atoms with Crippen LogP contribution in [-0.2, 0) is 49.6 Å². The van der Waals surface area contributed by atoms with E-state index in [1.165, 1.54) is 36.2 Å². The molecule has 0 saturated carbocycles. The molecule has 1 aromatic carbocycles. The van der Waals surface area contributed by atoms with Gasteiger partial charge in [0.25, 0.3) is 0 Å². The van der Waals surface area contributed by atoms with Crippen LogP contribution in [0.15, 0.2) is 24.3 Å². The Bertz CT molecular complexity index is 1520. The molecule has 0 radical (unpaired) electrons. The zero-order valence-electron chi connectivity index (χ0n) is 30.4. The van der Waals surface area contributed by atoms with Crippen LogP contribution in [0.25, 0.3) is 0 Å². The van der Waals surface area contributed by atoms with Crippen LogP contribution < -0.4 is 43.4 Å². The van der Waals surface area contributed by atoms with Crippen molar-refractivity contribution in [3.05, 3.63) is 29.8 Å². The van der Waals surface area contributed by atoms with Crippen molar-refractivity contribution in [2.45, 2.75) is 95.9 Å². The number of carbonyl (C=O) groups is 9. The van der Waals surface area contributed by atoms with Gasteiger partial charge in [-0.2, -0.15) is 0 Å². The number of benzene rings is 1. The van der Waals surface area contributed by atoms with E-state index in [1.54, 1.807) is 20.8 Å². The second-order valence-corrected chi connectivity index (χ2v) is 12.9. The zero-order valence-corrected chi connectivity index (χ0v) is 30.4. The Morgan fingerprint density at radius 1 is 0.811 bits per heavy atom. The summed E-state index contributed by atoms with van der Waals surface area (Å²) in [6.45, 7) is 4.75. The molecule has 0 aromatic heterocycles. The maximum Gasteiger partial charge on any atom is 0.244 e. The second-order valence-electron chi connectivity index (χ2n) is 12.9. The monoisotopic (exact) mass is 745 g/mol. The van der Waals surface area contributed by atoms with Gasteiger partial charge in [0.05, 0.1) is 13.0 Å². The number of carbonyl (C=O) groups excluding carboxylic acids is 9. The molecule has 1 aliphatic rings. The highest BCUT2D eigenvalue weighted by Crippen LogP contribution is 2.14. The molecule has 1 saturated heterocycles. The van der Waals surface area contributed by atoms with Gasteiger partial charge < -0.3 is 53.4 Å². The van der Waals surface area contributed by atoms with Crippen LogP contribution in [0.5, 0.6) is 5.75 Å². The molecule has 2 rings (SSSR count). The highest BCUT2D eigenvalue weighted by atomic mass is 16.3. The van der Waals surface area contributed by atoms with Crippen molar-refractivity contribution in [3.8, 4) is 5.75 Å². The van der Waals surface area contributed by atoms with Gasteiger partial charge in [-0.05, 0) is 43.4 Å². The van der Waals surface area contributed by atoms with E-state index in [9.17, 15) is 48.3 Å². The molecule has 292 valence electrons. The van der Waals surface area contributed by atoms with Crippen LogP contribution in [0.4, 0.5) is 0 Å².